The van der Waals surface area contributed by atoms with Crippen molar-refractivity contribution in [3.05, 3.63) is 66.2 Å². The van der Waals surface area contributed by atoms with E-state index in [2.05, 4.69) is 27.0 Å². The van der Waals surface area contributed by atoms with E-state index >= 15 is 0 Å². The molecule has 3 aromatic rings. The first-order chi connectivity index (χ1) is 12.3. The van der Waals surface area contributed by atoms with Crippen molar-refractivity contribution in [3.63, 3.8) is 0 Å². The number of rotatable bonds is 5. The van der Waals surface area contributed by atoms with Gasteiger partial charge in [0.05, 0.1) is 5.69 Å². The number of hydrogen-bond donors (Lipinski definition) is 1. The number of aliphatic hydroxyl groups excluding tert-OH is 1. The quantitative estimate of drug-likeness (QED) is 0.776. The van der Waals surface area contributed by atoms with E-state index in [0.717, 1.165) is 36.3 Å². The van der Waals surface area contributed by atoms with E-state index < -0.39 is 6.10 Å². The fraction of sp³-hybridized carbons (Fsp3) is 0.300. The fourth-order valence-electron chi connectivity index (χ4n) is 3.26. The van der Waals surface area contributed by atoms with E-state index in [1.54, 1.807) is 6.33 Å². The van der Waals surface area contributed by atoms with E-state index in [4.69, 9.17) is 4.74 Å². The highest BCUT2D eigenvalue weighted by Gasteiger charge is 2.20. The molecule has 0 fully saturated rings. The summed E-state index contributed by atoms with van der Waals surface area (Å²) >= 11 is 0. The number of ether oxygens (including phenoxy) is 1. The van der Waals surface area contributed by atoms with Crippen LogP contribution in [0.1, 0.15) is 11.3 Å². The summed E-state index contributed by atoms with van der Waals surface area (Å²) in [5.74, 6) is 0.787. The van der Waals surface area contributed by atoms with Crippen molar-refractivity contribution >= 4 is 10.8 Å². The molecule has 128 valence electrons. The molecular weight excluding hydrogens is 314 g/mol. The summed E-state index contributed by atoms with van der Waals surface area (Å²) in [5, 5.41) is 12.6. The van der Waals surface area contributed by atoms with Crippen LogP contribution in [0, 0.1) is 0 Å². The molecule has 1 N–H and O–H groups in total. The Hall–Kier alpha value is -2.50. The standard InChI is InChI=1S/C20H21N3O2/c24-18(11-23-8-7-17-10-21-14-22-20(17)12-23)13-25-19-6-5-15-3-1-2-4-16(15)9-19/h1-6,9-10,14,18,24H,7-8,11-13H2. The van der Waals surface area contributed by atoms with Gasteiger partial charge in [-0.2, -0.15) is 0 Å². The number of hydrogen-bond acceptors (Lipinski definition) is 5. The van der Waals surface area contributed by atoms with Crippen LogP contribution >= 0.6 is 0 Å². The predicted octanol–water partition coefficient (Wildman–Crippen LogP) is 2.43. The zero-order valence-electron chi connectivity index (χ0n) is 14.0. The van der Waals surface area contributed by atoms with E-state index in [-0.39, 0.29) is 6.61 Å². The highest BCUT2D eigenvalue weighted by atomic mass is 16.5. The molecular formula is C20H21N3O2. The van der Waals surface area contributed by atoms with Crippen LogP contribution < -0.4 is 4.74 Å². The van der Waals surface area contributed by atoms with E-state index in [0.29, 0.717) is 6.54 Å². The number of β-amino-alcohol motifs (C(OH)–C–C–N with tert-alkyl or cyclic N) is 1. The maximum atomic E-state index is 10.3. The van der Waals surface area contributed by atoms with Gasteiger partial charge in [-0.1, -0.05) is 30.3 Å². The van der Waals surface area contributed by atoms with Crippen LogP contribution in [0.25, 0.3) is 10.8 Å². The topological polar surface area (TPSA) is 58.5 Å². The third-order valence-electron chi connectivity index (χ3n) is 4.58. The van der Waals surface area contributed by atoms with Gasteiger partial charge in [-0.15, -0.1) is 0 Å². The smallest absolute Gasteiger partial charge is 0.120 e. The van der Waals surface area contributed by atoms with Gasteiger partial charge in [0.25, 0.3) is 0 Å². The van der Waals surface area contributed by atoms with Crippen molar-refractivity contribution in [1.82, 2.24) is 14.9 Å². The molecule has 0 saturated carbocycles. The first kappa shape index (κ1) is 16.0. The molecule has 1 atom stereocenters. The lowest BCUT2D eigenvalue weighted by atomic mass is 10.1. The number of aliphatic hydroxyl groups is 1. The Bertz CT molecular complexity index is 868. The molecule has 1 unspecified atom stereocenters. The van der Waals surface area contributed by atoms with E-state index in [1.807, 2.05) is 36.5 Å². The molecule has 2 heterocycles. The Labute approximate surface area is 146 Å². The van der Waals surface area contributed by atoms with Crippen molar-refractivity contribution in [2.24, 2.45) is 0 Å². The highest BCUT2D eigenvalue weighted by molar-refractivity contribution is 5.83. The molecule has 25 heavy (non-hydrogen) atoms. The number of benzene rings is 2. The Kier molecular flexibility index (Phi) is 4.59. The second kappa shape index (κ2) is 7.17. The van der Waals surface area contributed by atoms with Crippen LogP contribution in [-0.4, -0.2) is 45.8 Å². The van der Waals surface area contributed by atoms with Crippen molar-refractivity contribution < 1.29 is 9.84 Å². The second-order valence-electron chi connectivity index (χ2n) is 6.45. The lowest BCUT2D eigenvalue weighted by Gasteiger charge is -2.29. The maximum absolute atomic E-state index is 10.3. The van der Waals surface area contributed by atoms with Gasteiger partial charge in [0.15, 0.2) is 0 Å². The summed E-state index contributed by atoms with van der Waals surface area (Å²) in [5.41, 5.74) is 2.27. The first-order valence-electron chi connectivity index (χ1n) is 8.58. The van der Waals surface area contributed by atoms with Gasteiger partial charge in [-0.3, -0.25) is 4.90 Å². The molecule has 4 rings (SSSR count). The Morgan fingerprint density at radius 3 is 2.96 bits per heavy atom. The summed E-state index contributed by atoms with van der Waals surface area (Å²) < 4.78 is 5.78. The molecule has 1 aliphatic rings. The van der Waals surface area contributed by atoms with Gasteiger partial charge in [-0.25, -0.2) is 9.97 Å². The molecule has 1 aromatic heterocycles. The molecule has 0 aliphatic carbocycles. The van der Waals surface area contributed by atoms with Crippen LogP contribution in [0.3, 0.4) is 0 Å². The Morgan fingerprint density at radius 1 is 1.16 bits per heavy atom. The molecule has 0 amide bonds. The number of fused-ring (bicyclic) bond motifs is 2. The molecule has 5 heteroatoms. The third kappa shape index (κ3) is 3.78. The van der Waals surface area contributed by atoms with Crippen molar-refractivity contribution in [2.75, 3.05) is 19.7 Å². The monoisotopic (exact) mass is 335 g/mol. The number of nitrogens with zero attached hydrogens (tertiary/aromatic N) is 3. The maximum Gasteiger partial charge on any atom is 0.120 e. The van der Waals surface area contributed by atoms with Gasteiger partial charge in [0, 0.05) is 25.8 Å². The van der Waals surface area contributed by atoms with Crippen molar-refractivity contribution in [3.8, 4) is 5.75 Å². The molecule has 0 saturated heterocycles. The zero-order chi connectivity index (χ0) is 17.1. The summed E-state index contributed by atoms with van der Waals surface area (Å²) in [6.45, 7) is 2.53. The fourth-order valence-corrected chi connectivity index (χ4v) is 3.26. The zero-order valence-corrected chi connectivity index (χ0v) is 14.0. The van der Waals surface area contributed by atoms with E-state index in [1.165, 1.54) is 10.9 Å². The average molecular weight is 335 g/mol. The lowest BCUT2D eigenvalue weighted by Crippen LogP contribution is -2.39. The molecule has 0 bridgehead atoms. The first-order valence-corrected chi connectivity index (χ1v) is 8.58. The van der Waals surface area contributed by atoms with Gasteiger partial charge < -0.3 is 9.84 Å². The molecule has 2 aromatic carbocycles. The lowest BCUT2D eigenvalue weighted by molar-refractivity contribution is 0.0632. The van der Waals surface area contributed by atoms with Crippen molar-refractivity contribution in [1.29, 1.82) is 0 Å². The summed E-state index contributed by atoms with van der Waals surface area (Å²) in [4.78, 5) is 10.6. The minimum atomic E-state index is -0.533. The Morgan fingerprint density at radius 2 is 2.04 bits per heavy atom. The SMILES string of the molecule is OC(COc1ccc2ccccc2c1)CN1CCc2cncnc2C1. The van der Waals surface area contributed by atoms with Crippen molar-refractivity contribution in [2.45, 2.75) is 19.1 Å². The normalized spacial score (nSPS) is 15.7. The molecule has 0 radical (unpaired) electrons. The summed E-state index contributed by atoms with van der Waals surface area (Å²) in [6.07, 6.45) is 3.87. The average Bonchev–Trinajstić information content (AvgIpc) is 2.66. The largest absolute Gasteiger partial charge is 0.491 e. The van der Waals surface area contributed by atoms with Crippen LogP contribution in [0.4, 0.5) is 0 Å². The summed E-state index contributed by atoms with van der Waals surface area (Å²) in [6, 6.07) is 14.2. The van der Waals surface area contributed by atoms with Crippen LogP contribution in [0.2, 0.25) is 0 Å². The second-order valence-corrected chi connectivity index (χ2v) is 6.45. The van der Waals surface area contributed by atoms with Gasteiger partial charge in [0.2, 0.25) is 0 Å². The Balaban J connectivity index is 1.32. The van der Waals surface area contributed by atoms with Crippen LogP contribution in [0.5, 0.6) is 5.75 Å². The predicted molar refractivity (Wildman–Crippen MR) is 96.5 cm³/mol. The third-order valence-corrected chi connectivity index (χ3v) is 4.58. The molecule has 1 aliphatic heterocycles. The van der Waals surface area contributed by atoms with E-state index in [9.17, 15) is 5.11 Å². The van der Waals surface area contributed by atoms with Crippen LogP contribution in [0.15, 0.2) is 55.0 Å². The highest BCUT2D eigenvalue weighted by Crippen LogP contribution is 2.21. The van der Waals surface area contributed by atoms with Gasteiger partial charge in [0.1, 0.15) is 24.8 Å². The number of aromatic nitrogens is 2. The van der Waals surface area contributed by atoms with Gasteiger partial charge >= 0.3 is 0 Å². The molecule has 0 spiro atoms. The van der Waals surface area contributed by atoms with Gasteiger partial charge in [-0.05, 0) is 34.9 Å². The minimum Gasteiger partial charge on any atom is -0.491 e. The molecule has 5 nitrogen and oxygen atoms in total. The summed E-state index contributed by atoms with van der Waals surface area (Å²) in [7, 11) is 0. The minimum absolute atomic E-state index is 0.283. The van der Waals surface area contributed by atoms with Crippen LogP contribution in [-0.2, 0) is 13.0 Å².